The number of alkyl halides is 1. The fourth-order valence-electron chi connectivity index (χ4n) is 1.58. The standard InChI is InChI=1S/C10H12BrN3O3/c1-16-7-4-8(17-2)13-10(12-7)14-5-6(11)3-9(14)15/h4,6H,3,5H2,1-2H3. The number of ether oxygens (including phenoxy) is 2. The van der Waals surface area contributed by atoms with E-state index in [1.807, 2.05) is 0 Å². The zero-order chi connectivity index (χ0) is 12.4. The molecule has 1 aromatic heterocycles. The summed E-state index contributed by atoms with van der Waals surface area (Å²) in [6.45, 7) is 0.551. The maximum absolute atomic E-state index is 11.7. The Morgan fingerprint density at radius 2 is 1.94 bits per heavy atom. The first-order valence-corrected chi connectivity index (χ1v) is 5.97. The van der Waals surface area contributed by atoms with E-state index in [1.165, 1.54) is 19.1 Å². The summed E-state index contributed by atoms with van der Waals surface area (Å²) in [4.78, 5) is 21.6. The molecule has 1 aliphatic rings. The van der Waals surface area contributed by atoms with E-state index in [1.54, 1.807) is 6.07 Å². The summed E-state index contributed by atoms with van der Waals surface area (Å²) in [5.74, 6) is 1.05. The molecule has 6 nitrogen and oxygen atoms in total. The Morgan fingerprint density at radius 1 is 1.35 bits per heavy atom. The average molecular weight is 302 g/mol. The third-order valence-corrected chi connectivity index (χ3v) is 3.02. The number of halogens is 1. The van der Waals surface area contributed by atoms with Crippen molar-refractivity contribution in [2.24, 2.45) is 0 Å². The molecular weight excluding hydrogens is 290 g/mol. The normalized spacial score (nSPS) is 19.6. The van der Waals surface area contributed by atoms with Gasteiger partial charge in [-0.2, -0.15) is 9.97 Å². The Kier molecular flexibility index (Phi) is 3.46. The van der Waals surface area contributed by atoms with Crippen molar-refractivity contribution in [1.82, 2.24) is 9.97 Å². The molecule has 2 rings (SSSR count). The van der Waals surface area contributed by atoms with Crippen LogP contribution in [0.5, 0.6) is 11.8 Å². The minimum absolute atomic E-state index is 0.0119. The first-order valence-electron chi connectivity index (χ1n) is 5.05. The number of methoxy groups -OCH3 is 2. The Balaban J connectivity index is 2.34. The molecule has 17 heavy (non-hydrogen) atoms. The van der Waals surface area contributed by atoms with Crippen molar-refractivity contribution in [3.63, 3.8) is 0 Å². The fourth-order valence-corrected chi connectivity index (χ4v) is 2.15. The van der Waals surface area contributed by atoms with Gasteiger partial charge in [-0.1, -0.05) is 15.9 Å². The lowest BCUT2D eigenvalue weighted by Gasteiger charge is -2.14. The van der Waals surface area contributed by atoms with Gasteiger partial charge in [0.05, 0.1) is 20.3 Å². The molecule has 0 saturated carbocycles. The van der Waals surface area contributed by atoms with Crippen LogP contribution in [0, 0.1) is 0 Å². The third-order valence-electron chi connectivity index (χ3n) is 2.40. The molecule has 1 fully saturated rings. The molecule has 1 amide bonds. The van der Waals surface area contributed by atoms with Crippen molar-refractivity contribution >= 4 is 27.8 Å². The van der Waals surface area contributed by atoms with Gasteiger partial charge in [0.15, 0.2) is 0 Å². The van der Waals surface area contributed by atoms with E-state index < -0.39 is 0 Å². The minimum atomic E-state index is -0.0119. The highest BCUT2D eigenvalue weighted by Crippen LogP contribution is 2.26. The van der Waals surface area contributed by atoms with Gasteiger partial charge in [-0.15, -0.1) is 0 Å². The Labute approximate surface area is 107 Å². The predicted octanol–water partition coefficient (Wildman–Crippen LogP) is 0.994. The molecular formula is C10H12BrN3O3. The minimum Gasteiger partial charge on any atom is -0.481 e. The number of hydrogen-bond donors (Lipinski definition) is 0. The third kappa shape index (κ3) is 2.49. The molecule has 1 saturated heterocycles. The Bertz CT molecular complexity index is 419. The number of nitrogens with zero attached hydrogens (tertiary/aromatic N) is 3. The zero-order valence-electron chi connectivity index (χ0n) is 9.51. The number of carbonyl (C=O) groups is 1. The van der Waals surface area contributed by atoms with E-state index in [9.17, 15) is 4.79 Å². The van der Waals surface area contributed by atoms with E-state index >= 15 is 0 Å². The van der Waals surface area contributed by atoms with Crippen molar-refractivity contribution in [3.8, 4) is 11.8 Å². The topological polar surface area (TPSA) is 64.6 Å². The van der Waals surface area contributed by atoms with Crippen molar-refractivity contribution in [2.75, 3.05) is 25.7 Å². The molecule has 0 aliphatic carbocycles. The van der Waals surface area contributed by atoms with Crippen LogP contribution < -0.4 is 14.4 Å². The van der Waals surface area contributed by atoms with Gasteiger partial charge >= 0.3 is 0 Å². The van der Waals surface area contributed by atoms with Crippen LogP contribution in [0.15, 0.2) is 6.07 Å². The molecule has 1 atom stereocenters. The monoisotopic (exact) mass is 301 g/mol. The van der Waals surface area contributed by atoms with Crippen LogP contribution in [-0.2, 0) is 4.79 Å². The number of anilines is 1. The molecule has 1 aromatic rings. The van der Waals surface area contributed by atoms with Crippen LogP contribution in [-0.4, -0.2) is 41.5 Å². The van der Waals surface area contributed by atoms with Crippen LogP contribution >= 0.6 is 15.9 Å². The molecule has 92 valence electrons. The smallest absolute Gasteiger partial charge is 0.238 e. The summed E-state index contributed by atoms with van der Waals surface area (Å²) in [6, 6.07) is 1.57. The van der Waals surface area contributed by atoms with Crippen molar-refractivity contribution in [3.05, 3.63) is 6.07 Å². The van der Waals surface area contributed by atoms with Crippen molar-refractivity contribution in [1.29, 1.82) is 0 Å². The maximum Gasteiger partial charge on any atom is 0.238 e. The lowest BCUT2D eigenvalue weighted by molar-refractivity contribution is -0.117. The molecule has 0 N–H and O–H groups in total. The summed E-state index contributed by atoms with van der Waals surface area (Å²) in [6.07, 6.45) is 0.447. The fraction of sp³-hybridized carbons (Fsp3) is 0.500. The summed E-state index contributed by atoms with van der Waals surface area (Å²) in [7, 11) is 3.01. The number of carbonyl (C=O) groups excluding carboxylic acids is 1. The molecule has 2 heterocycles. The van der Waals surface area contributed by atoms with Gasteiger partial charge in [0.25, 0.3) is 0 Å². The van der Waals surface area contributed by atoms with Crippen LogP contribution in [0.3, 0.4) is 0 Å². The van der Waals surface area contributed by atoms with Gasteiger partial charge in [-0.3, -0.25) is 9.69 Å². The summed E-state index contributed by atoms with van der Waals surface area (Å²) in [5, 5.41) is 0. The van der Waals surface area contributed by atoms with Gasteiger partial charge in [0.1, 0.15) is 0 Å². The highest BCUT2D eigenvalue weighted by Gasteiger charge is 2.31. The number of hydrogen-bond acceptors (Lipinski definition) is 5. The molecule has 0 bridgehead atoms. The van der Waals surface area contributed by atoms with Gasteiger partial charge in [-0.05, 0) is 0 Å². The zero-order valence-corrected chi connectivity index (χ0v) is 11.1. The van der Waals surface area contributed by atoms with Crippen molar-refractivity contribution in [2.45, 2.75) is 11.2 Å². The van der Waals surface area contributed by atoms with E-state index in [4.69, 9.17) is 9.47 Å². The van der Waals surface area contributed by atoms with Gasteiger partial charge in [0.2, 0.25) is 23.6 Å². The van der Waals surface area contributed by atoms with Crippen LogP contribution in [0.25, 0.3) is 0 Å². The summed E-state index contributed by atoms with van der Waals surface area (Å²) < 4.78 is 10.1. The maximum atomic E-state index is 11.7. The van der Waals surface area contributed by atoms with E-state index in [-0.39, 0.29) is 10.7 Å². The molecule has 1 aliphatic heterocycles. The average Bonchev–Trinajstić information content (AvgIpc) is 2.67. The van der Waals surface area contributed by atoms with Crippen LogP contribution in [0.1, 0.15) is 6.42 Å². The van der Waals surface area contributed by atoms with Gasteiger partial charge < -0.3 is 9.47 Å². The summed E-state index contributed by atoms with van der Waals surface area (Å²) >= 11 is 3.41. The first-order chi connectivity index (χ1) is 8.13. The van der Waals surface area contributed by atoms with Crippen LogP contribution in [0.2, 0.25) is 0 Å². The SMILES string of the molecule is COc1cc(OC)nc(N2CC(Br)CC2=O)n1. The predicted molar refractivity (Wildman–Crippen MR) is 64.8 cm³/mol. The van der Waals surface area contributed by atoms with Gasteiger partial charge in [-0.25, -0.2) is 0 Å². The van der Waals surface area contributed by atoms with Crippen molar-refractivity contribution < 1.29 is 14.3 Å². The molecule has 0 aromatic carbocycles. The van der Waals surface area contributed by atoms with E-state index in [0.717, 1.165) is 0 Å². The Hall–Kier alpha value is -1.37. The van der Waals surface area contributed by atoms with Crippen LogP contribution in [0.4, 0.5) is 5.95 Å². The lowest BCUT2D eigenvalue weighted by Crippen LogP contribution is -2.26. The molecule has 1 unspecified atom stereocenters. The second-order valence-corrected chi connectivity index (χ2v) is 4.85. The van der Waals surface area contributed by atoms with E-state index in [2.05, 4.69) is 25.9 Å². The number of aromatic nitrogens is 2. The second-order valence-electron chi connectivity index (χ2n) is 3.56. The van der Waals surface area contributed by atoms with Gasteiger partial charge in [0, 0.05) is 17.8 Å². The lowest BCUT2D eigenvalue weighted by atomic mass is 10.4. The number of rotatable bonds is 3. The quantitative estimate of drug-likeness (QED) is 0.779. The van der Waals surface area contributed by atoms with E-state index in [0.29, 0.717) is 30.7 Å². The largest absolute Gasteiger partial charge is 0.481 e. The molecule has 0 radical (unpaired) electrons. The second kappa shape index (κ2) is 4.87. The summed E-state index contributed by atoms with van der Waals surface area (Å²) in [5.41, 5.74) is 0. The first kappa shape index (κ1) is 12.1. The highest BCUT2D eigenvalue weighted by molar-refractivity contribution is 9.09. The Morgan fingerprint density at radius 3 is 2.35 bits per heavy atom. The highest BCUT2D eigenvalue weighted by atomic mass is 79.9. The molecule has 7 heteroatoms. The molecule has 0 spiro atoms. The number of amides is 1.